The van der Waals surface area contributed by atoms with Crippen LogP contribution in [0, 0.1) is 7.43 Å². The van der Waals surface area contributed by atoms with Crippen LogP contribution in [-0.4, -0.2) is 4.98 Å². The minimum absolute atomic E-state index is 0. The van der Waals surface area contributed by atoms with Crippen molar-refractivity contribution < 1.29 is 36.9 Å². The zero-order valence-corrected chi connectivity index (χ0v) is 9.86. The molecule has 0 aliphatic heterocycles. The van der Waals surface area contributed by atoms with Crippen molar-refractivity contribution in [1.82, 2.24) is 4.98 Å². The largest absolute Gasteiger partial charge is 2.00 e. The van der Waals surface area contributed by atoms with Crippen LogP contribution in [0.15, 0.2) is 24.4 Å². The van der Waals surface area contributed by atoms with Gasteiger partial charge in [0.15, 0.2) is 0 Å². The molecule has 81 valence electrons. The molecule has 0 saturated carbocycles. The molecular weight excluding hydrogens is 346 g/mol. The quantitative estimate of drug-likeness (QED) is 0.741. The van der Waals surface area contributed by atoms with Crippen LogP contribution in [-0.2, 0) is 43.4 Å². The molecule has 1 aromatic heterocycles. The zero-order chi connectivity index (χ0) is 5.82. The van der Waals surface area contributed by atoms with Crippen LogP contribution in [0.2, 0.25) is 0 Å². The smallest absolute Gasteiger partial charge is 0.0539 e. The molecule has 13 heavy (non-hydrogen) atoms. The Morgan fingerprint density at radius 2 is 1.69 bits per heavy atom. The van der Waals surface area contributed by atoms with Crippen molar-refractivity contribution in [2.24, 2.45) is 5.73 Å². The second kappa shape index (κ2) is 17.7. The van der Waals surface area contributed by atoms with Gasteiger partial charge < -0.3 is 29.6 Å². The number of hydrogen-bond acceptors (Lipinski definition) is 2. The van der Waals surface area contributed by atoms with E-state index in [2.05, 4.69) is 4.98 Å². The van der Waals surface area contributed by atoms with Gasteiger partial charge in [-0.25, -0.2) is 0 Å². The molecule has 2 N–H and O–H groups in total. The molecule has 1 aromatic rings. The molecular formula is C7H11N2O3Re-7. The molecule has 5 nitrogen and oxygen atoms in total. The fourth-order valence-corrected chi connectivity index (χ4v) is 0.519. The number of aromatic nitrogens is 1. The first-order valence-corrected chi connectivity index (χ1v) is 2.53. The molecule has 0 atom stereocenters. The normalized spacial score (nSPS) is 5.62. The number of nitrogens with two attached hydrogens (primary N) is 1. The van der Waals surface area contributed by atoms with E-state index in [1.165, 1.54) is 0 Å². The molecule has 0 aliphatic carbocycles. The molecule has 1 heterocycles. The Labute approximate surface area is 91.9 Å². The van der Waals surface area contributed by atoms with Gasteiger partial charge in [0.2, 0.25) is 0 Å². The summed E-state index contributed by atoms with van der Waals surface area (Å²) in [6.45, 7) is 0.529. The van der Waals surface area contributed by atoms with E-state index >= 15 is 0 Å². The number of nitrogens with zero attached hydrogens (tertiary/aromatic N) is 1. The van der Waals surface area contributed by atoms with Crippen molar-refractivity contribution in [3.8, 4) is 0 Å². The van der Waals surface area contributed by atoms with Crippen molar-refractivity contribution >= 4 is 0 Å². The Hall–Kier alpha value is -0.348. The first kappa shape index (κ1) is 29.3. The maximum atomic E-state index is 5.29. The van der Waals surface area contributed by atoms with Crippen molar-refractivity contribution in [3.05, 3.63) is 37.5 Å². The molecule has 0 spiro atoms. The molecule has 6 heteroatoms. The van der Waals surface area contributed by atoms with Crippen LogP contribution >= 0.6 is 0 Å². The Kier molecular flexibility index (Phi) is 39.9. The SMILES string of the molecule is NCc1ccccn1.[CH3-].[O-2].[O-2].[O-2].[Re]. The van der Waals surface area contributed by atoms with Gasteiger partial charge in [0.1, 0.15) is 0 Å². The predicted molar refractivity (Wildman–Crippen MR) is 40.6 cm³/mol. The second-order valence-electron chi connectivity index (χ2n) is 1.53. The van der Waals surface area contributed by atoms with Crippen molar-refractivity contribution in [2.75, 3.05) is 0 Å². The summed E-state index contributed by atoms with van der Waals surface area (Å²) in [6.07, 6.45) is 1.74. The Morgan fingerprint density at radius 3 is 1.92 bits per heavy atom. The van der Waals surface area contributed by atoms with Crippen molar-refractivity contribution in [3.63, 3.8) is 0 Å². The third kappa shape index (κ3) is 11.7. The minimum Gasteiger partial charge on any atom is -2.00 e. The first-order chi connectivity index (χ1) is 3.93. The molecule has 0 amide bonds. The monoisotopic (exact) mass is 358 g/mol. The molecule has 1 rings (SSSR count). The molecule has 0 unspecified atom stereocenters. The molecule has 0 bridgehead atoms. The number of pyridine rings is 1. The van der Waals surface area contributed by atoms with Crippen LogP contribution in [0.3, 0.4) is 0 Å². The van der Waals surface area contributed by atoms with E-state index in [1.807, 2.05) is 18.2 Å². The van der Waals surface area contributed by atoms with Gasteiger partial charge >= 0.3 is 0 Å². The average molecular weight is 357 g/mol. The molecule has 0 fully saturated rings. The average Bonchev–Trinajstić information content (AvgIpc) is 1.90. The van der Waals surface area contributed by atoms with Gasteiger partial charge in [-0.05, 0) is 12.1 Å². The van der Waals surface area contributed by atoms with Gasteiger partial charge in [0, 0.05) is 33.2 Å². The summed E-state index contributed by atoms with van der Waals surface area (Å²) < 4.78 is 0. The second-order valence-corrected chi connectivity index (χ2v) is 1.53. The van der Waals surface area contributed by atoms with E-state index in [4.69, 9.17) is 5.73 Å². The Morgan fingerprint density at radius 1 is 1.15 bits per heavy atom. The van der Waals surface area contributed by atoms with Crippen LogP contribution in [0.4, 0.5) is 0 Å². The summed E-state index contributed by atoms with van der Waals surface area (Å²) in [6, 6.07) is 5.70. The fourth-order valence-electron chi connectivity index (χ4n) is 0.519. The van der Waals surface area contributed by atoms with E-state index < -0.39 is 0 Å². The number of rotatable bonds is 1. The third-order valence-corrected chi connectivity index (χ3v) is 0.935. The van der Waals surface area contributed by atoms with Crippen LogP contribution in [0.25, 0.3) is 0 Å². The third-order valence-electron chi connectivity index (χ3n) is 0.935. The summed E-state index contributed by atoms with van der Waals surface area (Å²) in [7, 11) is 0. The van der Waals surface area contributed by atoms with Crippen molar-refractivity contribution in [1.29, 1.82) is 0 Å². The molecule has 0 aliphatic rings. The van der Waals surface area contributed by atoms with Gasteiger partial charge in [-0.2, -0.15) is 0 Å². The Balaban J connectivity index is -0.0000000427. The molecule has 1 radical (unpaired) electrons. The van der Waals surface area contributed by atoms with E-state index in [0.717, 1.165) is 5.69 Å². The van der Waals surface area contributed by atoms with Gasteiger partial charge in [0.25, 0.3) is 0 Å². The van der Waals surface area contributed by atoms with E-state index in [0.29, 0.717) is 6.54 Å². The van der Waals surface area contributed by atoms with E-state index in [9.17, 15) is 0 Å². The summed E-state index contributed by atoms with van der Waals surface area (Å²) in [4.78, 5) is 3.97. The number of hydrogen-bond donors (Lipinski definition) is 1. The Bertz CT molecular complexity index is 163. The van der Waals surface area contributed by atoms with Crippen LogP contribution in [0.1, 0.15) is 5.69 Å². The van der Waals surface area contributed by atoms with Gasteiger partial charge in [0.05, 0.1) is 5.69 Å². The summed E-state index contributed by atoms with van der Waals surface area (Å²) in [5.74, 6) is 0. The summed E-state index contributed by atoms with van der Waals surface area (Å²) in [5, 5.41) is 0. The van der Waals surface area contributed by atoms with Crippen molar-refractivity contribution in [2.45, 2.75) is 6.54 Å². The standard InChI is InChI=1S/C6H8N2.CH3.3O.Re/c7-5-6-3-1-2-4-8-6;;;;;/h1-4H,5,7H2;1H3;;;;/q;-1;3*-2;. The van der Waals surface area contributed by atoms with E-state index in [-0.39, 0.29) is 44.3 Å². The van der Waals surface area contributed by atoms with Crippen LogP contribution in [0.5, 0.6) is 0 Å². The topological polar surface area (TPSA) is 124 Å². The summed E-state index contributed by atoms with van der Waals surface area (Å²) >= 11 is 0. The molecule has 0 saturated heterocycles. The maximum Gasteiger partial charge on any atom is 0.0539 e. The maximum absolute atomic E-state index is 5.29. The fraction of sp³-hybridized carbons (Fsp3) is 0.143. The summed E-state index contributed by atoms with van der Waals surface area (Å²) in [5.41, 5.74) is 6.22. The van der Waals surface area contributed by atoms with E-state index in [1.54, 1.807) is 6.20 Å². The predicted octanol–water partition coefficient (Wildman–Crippen LogP) is 0.632. The first-order valence-electron chi connectivity index (χ1n) is 2.53. The van der Waals surface area contributed by atoms with Gasteiger partial charge in [-0.1, -0.05) is 6.07 Å². The van der Waals surface area contributed by atoms with Crippen LogP contribution < -0.4 is 5.73 Å². The zero-order valence-electron chi connectivity index (χ0n) is 7.14. The van der Waals surface area contributed by atoms with Gasteiger partial charge in [-0.3, -0.25) is 4.98 Å². The minimum atomic E-state index is 0. The van der Waals surface area contributed by atoms with Gasteiger partial charge in [-0.15, -0.1) is 0 Å². The molecule has 0 aromatic carbocycles.